The lowest BCUT2D eigenvalue weighted by Crippen LogP contribution is -2.15. The molecule has 4 nitrogen and oxygen atoms in total. The van der Waals surface area contributed by atoms with Gasteiger partial charge in [-0.15, -0.1) is 0 Å². The third-order valence-corrected chi connectivity index (χ3v) is 2.45. The highest BCUT2D eigenvalue weighted by atomic mass is 35.5. The van der Waals surface area contributed by atoms with Gasteiger partial charge < -0.3 is 14.8 Å². The molecular formula is C13H16ClNO3. The second-order valence-corrected chi connectivity index (χ2v) is 3.96. The summed E-state index contributed by atoms with van der Waals surface area (Å²) in [5.74, 6) is 0.238. The number of carbonyl (C=O) groups is 1. The Morgan fingerprint density at radius 2 is 2.22 bits per heavy atom. The van der Waals surface area contributed by atoms with Gasteiger partial charge in [0.2, 0.25) is 0 Å². The van der Waals surface area contributed by atoms with Crippen LogP contribution in [-0.2, 0) is 9.53 Å². The number of halogens is 1. The van der Waals surface area contributed by atoms with Crippen molar-refractivity contribution in [1.82, 2.24) is 0 Å². The molecule has 0 fully saturated rings. The van der Waals surface area contributed by atoms with Crippen LogP contribution in [0.3, 0.4) is 0 Å². The Morgan fingerprint density at radius 1 is 1.50 bits per heavy atom. The lowest BCUT2D eigenvalue weighted by Gasteiger charge is -2.12. The van der Waals surface area contributed by atoms with Crippen molar-refractivity contribution in [2.75, 3.05) is 25.6 Å². The molecule has 0 bridgehead atoms. The van der Waals surface area contributed by atoms with Crippen LogP contribution in [0, 0.1) is 0 Å². The highest BCUT2D eigenvalue weighted by Crippen LogP contribution is 2.27. The summed E-state index contributed by atoms with van der Waals surface area (Å²) in [5, 5.41) is 3.62. The van der Waals surface area contributed by atoms with Crippen molar-refractivity contribution in [2.45, 2.75) is 6.92 Å². The van der Waals surface area contributed by atoms with Crippen LogP contribution in [0.15, 0.2) is 30.4 Å². The van der Waals surface area contributed by atoms with Gasteiger partial charge in [0, 0.05) is 17.1 Å². The minimum Gasteiger partial charge on any atom is -0.495 e. The van der Waals surface area contributed by atoms with Crippen LogP contribution >= 0.6 is 11.6 Å². The maximum absolute atomic E-state index is 11.4. The van der Waals surface area contributed by atoms with Crippen molar-refractivity contribution in [3.05, 3.63) is 35.4 Å². The van der Waals surface area contributed by atoms with E-state index in [9.17, 15) is 4.79 Å². The SMILES string of the molecule is C=C(CNc1cc(Cl)ccc1OC)C(=O)OCC. The second kappa shape index (κ2) is 6.91. The predicted octanol–water partition coefficient (Wildman–Crippen LogP) is 2.88. The molecule has 18 heavy (non-hydrogen) atoms. The molecule has 0 aliphatic heterocycles. The van der Waals surface area contributed by atoms with Gasteiger partial charge in [-0.05, 0) is 25.1 Å². The Bertz CT molecular complexity index is 446. The molecule has 0 amide bonds. The van der Waals surface area contributed by atoms with Gasteiger partial charge in [0.05, 0.1) is 19.4 Å². The monoisotopic (exact) mass is 269 g/mol. The molecule has 0 heterocycles. The number of nitrogens with one attached hydrogen (secondary N) is 1. The van der Waals surface area contributed by atoms with E-state index in [0.29, 0.717) is 28.6 Å². The first-order valence-corrected chi connectivity index (χ1v) is 5.88. The van der Waals surface area contributed by atoms with Crippen molar-refractivity contribution in [3.63, 3.8) is 0 Å². The summed E-state index contributed by atoms with van der Waals surface area (Å²) in [5.41, 5.74) is 1.05. The summed E-state index contributed by atoms with van der Waals surface area (Å²) < 4.78 is 10.0. The Kier molecular flexibility index (Phi) is 5.52. The van der Waals surface area contributed by atoms with Gasteiger partial charge in [0.25, 0.3) is 0 Å². The first-order valence-electron chi connectivity index (χ1n) is 5.50. The number of hydrogen-bond donors (Lipinski definition) is 1. The Morgan fingerprint density at radius 3 is 2.83 bits per heavy atom. The quantitative estimate of drug-likeness (QED) is 0.637. The van der Waals surface area contributed by atoms with Gasteiger partial charge in [-0.25, -0.2) is 4.79 Å². The van der Waals surface area contributed by atoms with E-state index in [0.717, 1.165) is 0 Å². The van der Waals surface area contributed by atoms with E-state index in [4.69, 9.17) is 21.1 Å². The van der Waals surface area contributed by atoms with Gasteiger partial charge >= 0.3 is 5.97 Å². The molecule has 1 aromatic rings. The van der Waals surface area contributed by atoms with E-state index in [-0.39, 0.29) is 6.54 Å². The number of benzene rings is 1. The zero-order valence-electron chi connectivity index (χ0n) is 10.5. The molecule has 0 aliphatic carbocycles. The maximum atomic E-state index is 11.4. The van der Waals surface area contributed by atoms with Crippen LogP contribution < -0.4 is 10.1 Å². The zero-order chi connectivity index (χ0) is 13.5. The minimum atomic E-state index is -0.411. The summed E-state index contributed by atoms with van der Waals surface area (Å²) in [6.45, 7) is 6.01. The van der Waals surface area contributed by atoms with Crippen molar-refractivity contribution in [2.24, 2.45) is 0 Å². The molecule has 1 N–H and O–H groups in total. The van der Waals surface area contributed by atoms with E-state index in [1.807, 2.05) is 0 Å². The summed E-state index contributed by atoms with van der Waals surface area (Å²) >= 11 is 5.89. The Hall–Kier alpha value is -1.68. The lowest BCUT2D eigenvalue weighted by molar-refractivity contribution is -0.138. The fourth-order valence-corrected chi connectivity index (χ4v) is 1.50. The number of methoxy groups -OCH3 is 1. The number of esters is 1. The van der Waals surface area contributed by atoms with Crippen LogP contribution in [-0.4, -0.2) is 26.2 Å². The molecule has 1 rings (SSSR count). The van der Waals surface area contributed by atoms with Crippen LogP contribution in [0.2, 0.25) is 5.02 Å². The average Bonchev–Trinajstić information content (AvgIpc) is 2.36. The van der Waals surface area contributed by atoms with E-state index >= 15 is 0 Å². The van der Waals surface area contributed by atoms with Crippen LogP contribution in [0.25, 0.3) is 0 Å². The minimum absolute atomic E-state index is 0.273. The summed E-state index contributed by atoms with van der Waals surface area (Å²) in [6, 6.07) is 5.20. The van der Waals surface area contributed by atoms with Gasteiger partial charge in [-0.3, -0.25) is 0 Å². The summed E-state index contributed by atoms with van der Waals surface area (Å²) in [4.78, 5) is 11.4. The normalized spacial score (nSPS) is 9.72. The average molecular weight is 270 g/mol. The molecule has 0 unspecified atom stereocenters. The fourth-order valence-electron chi connectivity index (χ4n) is 1.33. The summed E-state index contributed by atoms with van der Waals surface area (Å²) in [7, 11) is 1.56. The first kappa shape index (κ1) is 14.4. The largest absolute Gasteiger partial charge is 0.495 e. The molecular weight excluding hydrogens is 254 g/mol. The topological polar surface area (TPSA) is 47.6 Å². The molecule has 5 heteroatoms. The smallest absolute Gasteiger partial charge is 0.335 e. The van der Waals surface area contributed by atoms with E-state index in [2.05, 4.69) is 11.9 Å². The molecule has 1 aromatic carbocycles. The van der Waals surface area contributed by atoms with Crippen LogP contribution in [0.5, 0.6) is 5.75 Å². The highest BCUT2D eigenvalue weighted by Gasteiger charge is 2.09. The van der Waals surface area contributed by atoms with Crippen LogP contribution in [0.4, 0.5) is 5.69 Å². The number of carbonyl (C=O) groups excluding carboxylic acids is 1. The van der Waals surface area contributed by atoms with Crippen molar-refractivity contribution >= 4 is 23.3 Å². The molecule has 0 aromatic heterocycles. The third-order valence-electron chi connectivity index (χ3n) is 2.22. The Balaban J connectivity index is 2.65. The van der Waals surface area contributed by atoms with Crippen molar-refractivity contribution < 1.29 is 14.3 Å². The lowest BCUT2D eigenvalue weighted by atomic mass is 10.2. The number of rotatable bonds is 6. The fraction of sp³-hybridized carbons (Fsp3) is 0.308. The standard InChI is InChI=1S/C13H16ClNO3/c1-4-18-13(16)9(2)8-15-11-7-10(14)5-6-12(11)17-3/h5-7,15H,2,4,8H2,1,3H3. The van der Waals surface area contributed by atoms with Gasteiger partial charge in [-0.1, -0.05) is 18.2 Å². The van der Waals surface area contributed by atoms with Crippen LogP contribution in [0.1, 0.15) is 6.92 Å². The maximum Gasteiger partial charge on any atom is 0.335 e. The molecule has 98 valence electrons. The Labute approximate surface area is 112 Å². The van der Waals surface area contributed by atoms with Gasteiger partial charge in [0.15, 0.2) is 0 Å². The van der Waals surface area contributed by atoms with E-state index < -0.39 is 5.97 Å². The van der Waals surface area contributed by atoms with Gasteiger partial charge in [-0.2, -0.15) is 0 Å². The van der Waals surface area contributed by atoms with E-state index in [1.165, 1.54) is 0 Å². The zero-order valence-corrected chi connectivity index (χ0v) is 11.2. The van der Waals surface area contributed by atoms with Crippen molar-refractivity contribution in [1.29, 1.82) is 0 Å². The van der Waals surface area contributed by atoms with Crippen molar-refractivity contribution in [3.8, 4) is 5.75 Å². The van der Waals surface area contributed by atoms with Gasteiger partial charge in [0.1, 0.15) is 5.75 Å². The highest BCUT2D eigenvalue weighted by molar-refractivity contribution is 6.30. The third kappa shape index (κ3) is 3.96. The first-order chi connectivity index (χ1) is 8.58. The second-order valence-electron chi connectivity index (χ2n) is 3.52. The molecule has 0 atom stereocenters. The summed E-state index contributed by atoms with van der Waals surface area (Å²) in [6.07, 6.45) is 0. The molecule has 0 saturated heterocycles. The molecule has 0 spiro atoms. The number of anilines is 1. The van der Waals surface area contributed by atoms with E-state index in [1.54, 1.807) is 32.2 Å². The molecule has 0 radical (unpaired) electrons. The molecule has 0 saturated carbocycles. The molecule has 0 aliphatic rings. The predicted molar refractivity (Wildman–Crippen MR) is 72.3 cm³/mol. The number of ether oxygens (including phenoxy) is 2. The number of hydrogen-bond acceptors (Lipinski definition) is 4.